The first kappa shape index (κ1) is 19.2. The lowest BCUT2D eigenvalue weighted by atomic mass is 9.85. The molecule has 120 valence electrons. The first-order valence-electron chi connectivity index (χ1n) is 6.54. The number of carbonyl (C=O) groups is 1. The third-order valence-corrected chi connectivity index (χ3v) is 3.04. The van der Waals surface area contributed by atoms with Crippen molar-refractivity contribution >= 4 is 16.2 Å². The van der Waals surface area contributed by atoms with Gasteiger partial charge in [0.1, 0.15) is 5.60 Å². The van der Waals surface area contributed by atoms with E-state index in [9.17, 15) is 13.2 Å². The molecule has 0 radical (unpaired) electrons. The Morgan fingerprint density at radius 1 is 1.15 bits per heavy atom. The fourth-order valence-corrected chi connectivity index (χ4v) is 1.89. The number of carbonyl (C=O) groups excluding carboxylic acids is 1. The molecule has 6 nitrogen and oxygen atoms in total. The van der Waals surface area contributed by atoms with Crippen molar-refractivity contribution in [2.24, 2.45) is 5.41 Å². The topological polar surface area (TPSA) is 81.7 Å². The summed E-state index contributed by atoms with van der Waals surface area (Å²) < 4.78 is 31.8. The summed E-state index contributed by atoms with van der Waals surface area (Å²) in [6.07, 6.45) is 0.868. The van der Waals surface area contributed by atoms with Crippen LogP contribution >= 0.6 is 0 Å². The van der Waals surface area contributed by atoms with Crippen LogP contribution in [-0.4, -0.2) is 39.0 Å². The molecule has 1 N–H and O–H groups in total. The van der Waals surface area contributed by atoms with Crippen molar-refractivity contribution < 1.29 is 22.1 Å². The van der Waals surface area contributed by atoms with Gasteiger partial charge in [-0.3, -0.25) is 4.18 Å². The molecule has 0 rings (SSSR count). The Morgan fingerprint density at radius 3 is 2.00 bits per heavy atom. The van der Waals surface area contributed by atoms with E-state index in [0.717, 1.165) is 6.26 Å². The van der Waals surface area contributed by atoms with Crippen LogP contribution < -0.4 is 5.32 Å². The highest BCUT2D eigenvalue weighted by atomic mass is 32.2. The van der Waals surface area contributed by atoms with Crippen molar-refractivity contribution in [2.75, 3.05) is 12.9 Å². The first-order valence-corrected chi connectivity index (χ1v) is 8.36. The third-order valence-electron chi connectivity index (χ3n) is 2.44. The minimum absolute atomic E-state index is 0.0244. The number of amides is 1. The summed E-state index contributed by atoms with van der Waals surface area (Å²) in [4.78, 5) is 11.8. The van der Waals surface area contributed by atoms with E-state index in [1.807, 2.05) is 20.8 Å². The van der Waals surface area contributed by atoms with E-state index in [1.165, 1.54) is 0 Å². The maximum atomic E-state index is 11.8. The van der Waals surface area contributed by atoms with Gasteiger partial charge in [-0.1, -0.05) is 20.8 Å². The zero-order chi connectivity index (χ0) is 16.2. The second-order valence-corrected chi connectivity index (χ2v) is 8.52. The molecule has 20 heavy (non-hydrogen) atoms. The maximum absolute atomic E-state index is 11.8. The van der Waals surface area contributed by atoms with E-state index in [4.69, 9.17) is 8.92 Å². The lowest BCUT2D eigenvalue weighted by Crippen LogP contribution is -2.46. The number of hydrogen-bond donors (Lipinski definition) is 1. The van der Waals surface area contributed by atoms with E-state index in [1.54, 1.807) is 20.8 Å². The van der Waals surface area contributed by atoms with Gasteiger partial charge in [0, 0.05) is 6.04 Å². The molecule has 0 aliphatic heterocycles. The predicted octanol–water partition coefficient (Wildman–Crippen LogP) is 2.29. The van der Waals surface area contributed by atoms with Gasteiger partial charge in [-0.05, 0) is 32.6 Å². The Hall–Kier alpha value is -0.820. The van der Waals surface area contributed by atoms with Crippen molar-refractivity contribution in [3.8, 4) is 0 Å². The molecular formula is C13H27NO5S. The quantitative estimate of drug-likeness (QED) is 0.788. The molecule has 0 unspecified atom stereocenters. The molecule has 7 heteroatoms. The molecule has 0 saturated heterocycles. The van der Waals surface area contributed by atoms with Crippen LogP contribution in [0.15, 0.2) is 0 Å². The molecule has 0 aliphatic carbocycles. The van der Waals surface area contributed by atoms with E-state index >= 15 is 0 Å². The van der Waals surface area contributed by atoms with Crippen LogP contribution in [0, 0.1) is 5.41 Å². The number of hydrogen-bond acceptors (Lipinski definition) is 5. The molecular weight excluding hydrogens is 282 g/mol. The van der Waals surface area contributed by atoms with E-state index < -0.39 is 21.8 Å². The molecule has 0 aliphatic rings. The summed E-state index contributed by atoms with van der Waals surface area (Å²) >= 11 is 0. The molecule has 1 amide bonds. The summed E-state index contributed by atoms with van der Waals surface area (Å²) in [6, 6.07) is -0.251. The van der Waals surface area contributed by atoms with Gasteiger partial charge >= 0.3 is 6.09 Å². The van der Waals surface area contributed by atoms with Gasteiger partial charge in [0.15, 0.2) is 0 Å². The fourth-order valence-electron chi connectivity index (χ4n) is 1.49. The van der Waals surface area contributed by atoms with Crippen molar-refractivity contribution in [3.05, 3.63) is 0 Å². The van der Waals surface area contributed by atoms with Gasteiger partial charge in [-0.15, -0.1) is 0 Å². The monoisotopic (exact) mass is 309 g/mol. The molecule has 0 heterocycles. The Labute approximate surface area is 122 Å². The first-order chi connectivity index (χ1) is 8.71. The van der Waals surface area contributed by atoms with Gasteiger partial charge in [0.25, 0.3) is 10.1 Å². The molecule has 0 fully saturated rings. The highest BCUT2D eigenvalue weighted by molar-refractivity contribution is 7.85. The Morgan fingerprint density at radius 2 is 1.65 bits per heavy atom. The van der Waals surface area contributed by atoms with Crippen LogP contribution in [0.1, 0.15) is 48.0 Å². The van der Waals surface area contributed by atoms with Crippen LogP contribution in [0.25, 0.3) is 0 Å². The Balaban J connectivity index is 4.56. The van der Waals surface area contributed by atoms with Gasteiger partial charge < -0.3 is 10.1 Å². The second kappa shape index (κ2) is 6.76. The van der Waals surface area contributed by atoms with E-state index in [0.29, 0.717) is 6.42 Å². The fraction of sp³-hybridized carbons (Fsp3) is 0.923. The average Bonchev–Trinajstić information content (AvgIpc) is 2.09. The Kier molecular flexibility index (Phi) is 6.48. The molecule has 0 bridgehead atoms. The summed E-state index contributed by atoms with van der Waals surface area (Å²) in [5, 5.41) is 2.76. The van der Waals surface area contributed by atoms with Crippen LogP contribution in [0.2, 0.25) is 0 Å². The maximum Gasteiger partial charge on any atom is 0.407 e. The minimum Gasteiger partial charge on any atom is -0.444 e. The molecule has 0 spiro atoms. The summed E-state index contributed by atoms with van der Waals surface area (Å²) in [5.41, 5.74) is -0.812. The van der Waals surface area contributed by atoms with Crippen LogP contribution in [0.3, 0.4) is 0 Å². The summed E-state index contributed by atoms with van der Waals surface area (Å²) in [5.74, 6) is 0. The minimum atomic E-state index is -3.47. The number of ether oxygens (including phenoxy) is 1. The van der Waals surface area contributed by atoms with E-state index in [2.05, 4.69) is 5.32 Å². The summed E-state index contributed by atoms with van der Waals surface area (Å²) in [7, 11) is -3.47. The van der Waals surface area contributed by atoms with Crippen LogP contribution in [0.4, 0.5) is 4.79 Å². The zero-order valence-electron chi connectivity index (χ0n) is 13.4. The van der Waals surface area contributed by atoms with Crippen molar-refractivity contribution in [3.63, 3.8) is 0 Å². The predicted molar refractivity (Wildman–Crippen MR) is 78.0 cm³/mol. The zero-order valence-corrected chi connectivity index (χ0v) is 14.3. The third kappa shape index (κ3) is 10.0. The molecule has 0 aromatic carbocycles. The number of nitrogens with one attached hydrogen (secondary N) is 1. The second-order valence-electron chi connectivity index (χ2n) is 6.88. The smallest absolute Gasteiger partial charge is 0.407 e. The largest absolute Gasteiger partial charge is 0.444 e. The van der Waals surface area contributed by atoms with Gasteiger partial charge in [0.2, 0.25) is 0 Å². The lowest BCUT2D eigenvalue weighted by molar-refractivity contribution is 0.0452. The van der Waals surface area contributed by atoms with Gasteiger partial charge in [-0.2, -0.15) is 8.42 Å². The highest BCUT2D eigenvalue weighted by Gasteiger charge is 2.28. The van der Waals surface area contributed by atoms with Gasteiger partial charge in [0.05, 0.1) is 12.9 Å². The van der Waals surface area contributed by atoms with Crippen LogP contribution in [0.5, 0.6) is 0 Å². The number of alkyl carbamates (subject to hydrolysis) is 1. The van der Waals surface area contributed by atoms with Crippen molar-refractivity contribution in [2.45, 2.75) is 59.6 Å². The van der Waals surface area contributed by atoms with E-state index in [-0.39, 0.29) is 18.1 Å². The highest BCUT2D eigenvalue weighted by Crippen LogP contribution is 2.22. The summed E-state index contributed by atoms with van der Waals surface area (Å²) in [6.45, 7) is 11.2. The van der Waals surface area contributed by atoms with Crippen LogP contribution in [-0.2, 0) is 19.0 Å². The van der Waals surface area contributed by atoms with Crippen molar-refractivity contribution in [1.29, 1.82) is 0 Å². The lowest BCUT2D eigenvalue weighted by Gasteiger charge is -2.32. The van der Waals surface area contributed by atoms with Crippen molar-refractivity contribution in [1.82, 2.24) is 5.32 Å². The molecule has 0 aromatic rings. The van der Waals surface area contributed by atoms with Gasteiger partial charge in [-0.25, -0.2) is 4.79 Å². The SMILES string of the molecule is CC(C)(C)OC(=O)N[C@@H](CCOS(C)(=O)=O)C(C)(C)C. The molecule has 0 saturated carbocycles. The molecule has 1 atom stereocenters. The Bertz CT molecular complexity index is 417. The molecule has 0 aromatic heterocycles. The average molecular weight is 309 g/mol. The standard InChI is InChI=1S/C13H27NO5S/c1-12(2,3)10(8-9-18-20(7,16)17)14-11(15)19-13(4,5)6/h10H,8-9H2,1-7H3,(H,14,15)/t10-/m0/s1. The normalized spacial score (nSPS) is 14.8. The number of rotatable bonds is 5.